The van der Waals surface area contributed by atoms with Crippen molar-refractivity contribution in [1.82, 2.24) is 9.88 Å². The lowest BCUT2D eigenvalue weighted by molar-refractivity contribution is -0.121. The number of benzene rings is 3. The molecular weight excluding hydrogens is 434 g/mol. The Morgan fingerprint density at radius 2 is 1.76 bits per heavy atom. The highest BCUT2D eigenvalue weighted by molar-refractivity contribution is 7.16. The number of rotatable bonds is 5. The summed E-state index contributed by atoms with van der Waals surface area (Å²) in [5, 5.41) is 0. The molecular formula is C26H23N3O3S. The van der Waals surface area contributed by atoms with Gasteiger partial charge in [0.15, 0.2) is 0 Å². The van der Waals surface area contributed by atoms with Crippen molar-refractivity contribution in [3.8, 4) is 0 Å². The van der Waals surface area contributed by atoms with Crippen LogP contribution in [0.2, 0.25) is 0 Å². The number of ether oxygens (including phenoxy) is 1. The zero-order valence-corrected chi connectivity index (χ0v) is 18.8. The highest BCUT2D eigenvalue weighted by Crippen LogP contribution is 2.33. The summed E-state index contributed by atoms with van der Waals surface area (Å²) >= 11 is 1.53. The van der Waals surface area contributed by atoms with Crippen LogP contribution in [0.25, 0.3) is 10.2 Å². The van der Waals surface area contributed by atoms with E-state index >= 15 is 0 Å². The number of hydrogen-bond acceptors (Lipinski definition) is 5. The summed E-state index contributed by atoms with van der Waals surface area (Å²) in [6.07, 6.45) is 0.902. The summed E-state index contributed by atoms with van der Waals surface area (Å²) in [6.45, 7) is 0.683. The van der Waals surface area contributed by atoms with Gasteiger partial charge in [-0.3, -0.25) is 14.6 Å². The van der Waals surface area contributed by atoms with E-state index in [0.29, 0.717) is 13.0 Å². The van der Waals surface area contributed by atoms with Crippen LogP contribution in [-0.2, 0) is 16.1 Å². The van der Waals surface area contributed by atoms with E-state index in [0.717, 1.165) is 33.6 Å². The van der Waals surface area contributed by atoms with Gasteiger partial charge in [0.1, 0.15) is 12.6 Å². The van der Waals surface area contributed by atoms with Crippen LogP contribution < -0.4 is 4.90 Å². The van der Waals surface area contributed by atoms with Crippen LogP contribution in [0, 0.1) is 0 Å². The summed E-state index contributed by atoms with van der Waals surface area (Å²) in [7, 11) is 0. The molecule has 2 heterocycles. The predicted octanol–water partition coefficient (Wildman–Crippen LogP) is 5.76. The lowest BCUT2D eigenvalue weighted by Gasteiger charge is -2.30. The van der Waals surface area contributed by atoms with Gasteiger partial charge in [0, 0.05) is 12.2 Å². The second-order valence-electron chi connectivity index (χ2n) is 7.91. The Labute approximate surface area is 196 Å². The third kappa shape index (κ3) is 4.45. The predicted molar refractivity (Wildman–Crippen MR) is 130 cm³/mol. The van der Waals surface area contributed by atoms with Crippen molar-refractivity contribution in [3.63, 3.8) is 0 Å². The summed E-state index contributed by atoms with van der Waals surface area (Å²) in [4.78, 5) is 34.4. The van der Waals surface area contributed by atoms with Gasteiger partial charge >= 0.3 is 6.09 Å². The van der Waals surface area contributed by atoms with Gasteiger partial charge in [-0.25, -0.2) is 9.78 Å². The monoisotopic (exact) mass is 457 g/mol. The molecule has 1 atom stereocenters. The number of anilines is 2. The van der Waals surface area contributed by atoms with Gasteiger partial charge < -0.3 is 4.74 Å². The van der Waals surface area contributed by atoms with Crippen LogP contribution in [-0.4, -0.2) is 34.5 Å². The summed E-state index contributed by atoms with van der Waals surface area (Å²) < 4.78 is 6.55. The fourth-order valence-electron chi connectivity index (χ4n) is 4.16. The second-order valence-corrected chi connectivity index (χ2v) is 8.79. The van der Waals surface area contributed by atoms with E-state index in [2.05, 4.69) is 4.98 Å². The lowest BCUT2D eigenvalue weighted by atomic mass is 10.1. The normalized spacial score (nSPS) is 15.5. The first kappa shape index (κ1) is 21.2. The van der Waals surface area contributed by atoms with Crippen LogP contribution in [0.1, 0.15) is 18.4 Å². The maximum atomic E-state index is 13.9. The molecule has 0 N–H and O–H groups in total. The zero-order chi connectivity index (χ0) is 22.6. The second kappa shape index (κ2) is 9.42. The van der Waals surface area contributed by atoms with Crippen molar-refractivity contribution in [3.05, 3.63) is 89.9 Å². The van der Waals surface area contributed by atoms with E-state index < -0.39 is 12.1 Å². The van der Waals surface area contributed by atoms with E-state index in [1.165, 1.54) is 11.3 Å². The van der Waals surface area contributed by atoms with Crippen LogP contribution >= 0.6 is 11.3 Å². The molecule has 4 aromatic rings. The van der Waals surface area contributed by atoms with E-state index in [1.807, 2.05) is 78.9 Å². The van der Waals surface area contributed by atoms with E-state index in [-0.39, 0.29) is 12.5 Å². The molecule has 166 valence electrons. The molecule has 1 unspecified atom stereocenters. The summed E-state index contributed by atoms with van der Waals surface area (Å²) in [5.41, 5.74) is 5.13. The first-order chi connectivity index (χ1) is 16.2. The van der Waals surface area contributed by atoms with Crippen molar-refractivity contribution in [1.29, 1.82) is 0 Å². The number of nitrogens with zero attached hydrogens (tertiary/aromatic N) is 3. The first-order valence-corrected chi connectivity index (χ1v) is 11.8. The molecule has 1 fully saturated rings. The van der Waals surface area contributed by atoms with Crippen LogP contribution in [0.3, 0.4) is 0 Å². The minimum Gasteiger partial charge on any atom is -0.445 e. The standard InChI is InChI=1S/C26H23N3O3S/c30-25(23-12-7-15-28(23)26(31)32-17-19-8-3-1-4-9-19)29(20-10-5-2-6-11-20)21-13-14-22-24(16-21)33-18-27-22/h1-6,8-11,13-14,16,18,23H,7,12,15,17H2. The largest absolute Gasteiger partial charge is 0.445 e. The minimum atomic E-state index is -0.578. The molecule has 0 aliphatic carbocycles. The third-order valence-corrected chi connectivity index (χ3v) is 6.58. The van der Waals surface area contributed by atoms with Gasteiger partial charge in [-0.1, -0.05) is 48.5 Å². The third-order valence-electron chi connectivity index (χ3n) is 5.79. The molecule has 7 heteroatoms. The highest BCUT2D eigenvalue weighted by atomic mass is 32.1. The Balaban J connectivity index is 1.41. The van der Waals surface area contributed by atoms with Crippen molar-refractivity contribution in [2.45, 2.75) is 25.5 Å². The molecule has 0 saturated carbocycles. The van der Waals surface area contributed by atoms with Crippen LogP contribution in [0.5, 0.6) is 0 Å². The molecule has 2 amide bonds. The number of hydrogen-bond donors (Lipinski definition) is 0. The smallest absolute Gasteiger partial charge is 0.410 e. The maximum absolute atomic E-state index is 13.9. The Morgan fingerprint density at radius 1 is 1.00 bits per heavy atom. The molecule has 1 aromatic heterocycles. The van der Waals surface area contributed by atoms with Crippen molar-refractivity contribution < 1.29 is 14.3 Å². The molecule has 6 nitrogen and oxygen atoms in total. The molecule has 5 rings (SSSR count). The average molecular weight is 458 g/mol. The van der Waals surface area contributed by atoms with Gasteiger partial charge in [-0.2, -0.15) is 0 Å². The Morgan fingerprint density at radius 3 is 2.55 bits per heavy atom. The zero-order valence-electron chi connectivity index (χ0n) is 18.0. The molecule has 0 bridgehead atoms. The van der Waals surface area contributed by atoms with Gasteiger partial charge in [0.2, 0.25) is 0 Å². The molecule has 0 radical (unpaired) electrons. The van der Waals surface area contributed by atoms with Crippen molar-refractivity contribution in [2.24, 2.45) is 0 Å². The van der Waals surface area contributed by atoms with E-state index in [1.54, 1.807) is 15.3 Å². The van der Waals surface area contributed by atoms with Gasteiger partial charge in [-0.05, 0) is 48.7 Å². The number of carbonyl (C=O) groups excluding carboxylic acids is 2. The molecule has 33 heavy (non-hydrogen) atoms. The van der Waals surface area contributed by atoms with Gasteiger partial charge in [-0.15, -0.1) is 11.3 Å². The number of aromatic nitrogens is 1. The molecule has 1 aliphatic rings. The fourth-order valence-corrected chi connectivity index (χ4v) is 4.87. The van der Waals surface area contributed by atoms with Crippen molar-refractivity contribution in [2.75, 3.05) is 11.4 Å². The van der Waals surface area contributed by atoms with E-state index in [9.17, 15) is 9.59 Å². The van der Waals surface area contributed by atoms with Gasteiger partial charge in [0.25, 0.3) is 5.91 Å². The highest BCUT2D eigenvalue weighted by Gasteiger charge is 2.38. The Kier molecular flexibility index (Phi) is 6.04. The quantitative estimate of drug-likeness (QED) is 0.382. The number of likely N-dealkylation sites (tertiary alicyclic amines) is 1. The molecule has 1 aliphatic heterocycles. The van der Waals surface area contributed by atoms with Crippen molar-refractivity contribution >= 4 is 44.9 Å². The summed E-state index contributed by atoms with van der Waals surface area (Å²) in [6, 6.07) is 24.3. The minimum absolute atomic E-state index is 0.140. The number of fused-ring (bicyclic) bond motifs is 1. The molecule has 0 spiro atoms. The molecule has 1 saturated heterocycles. The maximum Gasteiger partial charge on any atom is 0.410 e. The average Bonchev–Trinajstić information content (AvgIpc) is 3.53. The number of amides is 2. The number of thiazole rings is 1. The number of para-hydroxylation sites is 1. The van der Waals surface area contributed by atoms with E-state index in [4.69, 9.17) is 4.74 Å². The number of carbonyl (C=O) groups is 2. The fraction of sp³-hybridized carbons (Fsp3) is 0.192. The van der Waals surface area contributed by atoms with Gasteiger partial charge in [0.05, 0.1) is 21.4 Å². The van der Waals surface area contributed by atoms with Crippen LogP contribution in [0.4, 0.5) is 16.2 Å². The lowest BCUT2D eigenvalue weighted by Crippen LogP contribution is -2.46. The topological polar surface area (TPSA) is 62.7 Å². The molecule has 3 aromatic carbocycles. The SMILES string of the molecule is O=C(C1CCCN1C(=O)OCc1ccccc1)N(c1ccccc1)c1ccc2ncsc2c1. The Hall–Kier alpha value is -3.71. The Bertz CT molecular complexity index is 1260. The van der Waals surface area contributed by atoms with Crippen LogP contribution in [0.15, 0.2) is 84.4 Å². The first-order valence-electron chi connectivity index (χ1n) is 10.9. The summed E-state index contributed by atoms with van der Waals surface area (Å²) in [5.74, 6) is -0.140.